The third-order valence-corrected chi connectivity index (χ3v) is 10.3. The van der Waals surface area contributed by atoms with Gasteiger partial charge in [-0.25, -0.2) is 4.79 Å². The average molecular weight is 562 g/mol. The number of aliphatic hydroxyl groups is 2. The Morgan fingerprint density at radius 1 is 1.10 bits per heavy atom. The molecular formula is C29H39NO10. The molecule has 0 unspecified atom stereocenters. The summed E-state index contributed by atoms with van der Waals surface area (Å²) >= 11 is 0. The van der Waals surface area contributed by atoms with Gasteiger partial charge in [-0.05, 0) is 62.4 Å². The van der Waals surface area contributed by atoms with Crippen molar-refractivity contribution in [3.8, 4) is 0 Å². The van der Waals surface area contributed by atoms with Gasteiger partial charge in [0.25, 0.3) is 0 Å². The summed E-state index contributed by atoms with van der Waals surface area (Å²) in [4.78, 5) is 74.4. The second-order valence-electron chi connectivity index (χ2n) is 12.5. The number of ether oxygens (including phenoxy) is 1. The minimum absolute atomic E-state index is 0.000746. The number of aliphatic carboxylic acids is 1. The van der Waals surface area contributed by atoms with Crippen LogP contribution in [-0.2, 0) is 33.5 Å². The highest BCUT2D eigenvalue weighted by Crippen LogP contribution is 2.66. The van der Waals surface area contributed by atoms with E-state index in [1.54, 1.807) is 13.0 Å². The van der Waals surface area contributed by atoms with E-state index in [1.807, 2.05) is 0 Å². The van der Waals surface area contributed by atoms with Gasteiger partial charge in [0, 0.05) is 30.6 Å². The van der Waals surface area contributed by atoms with Crippen molar-refractivity contribution in [1.29, 1.82) is 0 Å². The van der Waals surface area contributed by atoms with Crippen molar-refractivity contribution >= 4 is 35.2 Å². The van der Waals surface area contributed by atoms with Crippen LogP contribution in [0.4, 0.5) is 0 Å². The number of aliphatic hydroxyl groups excluding tert-OH is 1. The summed E-state index contributed by atoms with van der Waals surface area (Å²) in [7, 11) is 0. The maximum Gasteiger partial charge on any atom is 0.328 e. The Kier molecular flexibility index (Phi) is 8.12. The molecule has 4 rings (SSSR count). The van der Waals surface area contributed by atoms with E-state index in [0.717, 1.165) is 5.57 Å². The molecule has 0 spiro atoms. The molecular weight excluding hydrogens is 522 g/mol. The summed E-state index contributed by atoms with van der Waals surface area (Å²) in [5, 5.41) is 32.3. The lowest BCUT2D eigenvalue weighted by Crippen LogP contribution is -2.61. The molecule has 0 bridgehead atoms. The Morgan fingerprint density at radius 3 is 2.45 bits per heavy atom. The maximum absolute atomic E-state index is 13.7. The first kappa shape index (κ1) is 30.0. The molecule has 4 aliphatic rings. The Labute approximate surface area is 232 Å². The summed E-state index contributed by atoms with van der Waals surface area (Å²) < 4.78 is 5.07. The monoisotopic (exact) mass is 561 g/mol. The highest BCUT2D eigenvalue weighted by Gasteiger charge is 2.68. The number of carboxylic acids is 1. The van der Waals surface area contributed by atoms with Crippen molar-refractivity contribution in [3.63, 3.8) is 0 Å². The standard InChI is InChI=1S/C29H39NO10/c1-15(31)25(26(37)38)30-22(35)6-7-23(36)40-14-21(34)29(39)11-9-19-18-5-4-16-12-17(32)8-10-27(16,2)24(18)20(33)13-28(19,29)3/h12,15,18-19,24-25,31,39H,4-11,13-14H2,1-3H3,(H,30,35)(H,37,38)/t15-,18+,19+,24+,25-,27-,28-,29-/m0/s1. The van der Waals surface area contributed by atoms with Gasteiger partial charge in [0.05, 0.1) is 12.5 Å². The van der Waals surface area contributed by atoms with Crippen LogP contribution in [0.3, 0.4) is 0 Å². The van der Waals surface area contributed by atoms with E-state index in [2.05, 4.69) is 12.2 Å². The second-order valence-corrected chi connectivity index (χ2v) is 12.5. The molecule has 40 heavy (non-hydrogen) atoms. The van der Waals surface area contributed by atoms with Crippen LogP contribution in [0.15, 0.2) is 11.6 Å². The molecule has 3 saturated carbocycles. The molecule has 0 aliphatic heterocycles. The average Bonchev–Trinajstić information content (AvgIpc) is 3.15. The Morgan fingerprint density at radius 2 is 1.80 bits per heavy atom. The largest absolute Gasteiger partial charge is 0.480 e. The molecule has 0 aromatic rings. The van der Waals surface area contributed by atoms with Gasteiger partial charge in [-0.2, -0.15) is 0 Å². The van der Waals surface area contributed by atoms with Gasteiger partial charge in [-0.1, -0.05) is 19.4 Å². The lowest BCUT2D eigenvalue weighted by atomic mass is 9.46. The maximum atomic E-state index is 13.7. The molecule has 0 radical (unpaired) electrons. The van der Waals surface area contributed by atoms with Gasteiger partial charge >= 0.3 is 11.9 Å². The number of hydrogen-bond acceptors (Lipinski definition) is 9. The molecule has 11 nitrogen and oxygen atoms in total. The lowest BCUT2D eigenvalue weighted by Gasteiger charge is -2.57. The number of rotatable bonds is 9. The first-order chi connectivity index (χ1) is 18.6. The number of carboxylic acid groups (broad SMARTS) is 1. The van der Waals surface area contributed by atoms with E-state index in [4.69, 9.17) is 9.84 Å². The normalized spacial score (nSPS) is 36.3. The molecule has 4 N–H and O–H groups in total. The van der Waals surface area contributed by atoms with Gasteiger partial charge in [0.2, 0.25) is 11.7 Å². The van der Waals surface area contributed by atoms with Crippen molar-refractivity contribution in [2.45, 2.75) is 96.3 Å². The van der Waals surface area contributed by atoms with Crippen LogP contribution >= 0.6 is 0 Å². The van der Waals surface area contributed by atoms with Crippen LogP contribution in [0.5, 0.6) is 0 Å². The molecule has 220 valence electrons. The number of fused-ring (bicyclic) bond motifs is 5. The van der Waals surface area contributed by atoms with E-state index >= 15 is 0 Å². The fourth-order valence-corrected chi connectivity index (χ4v) is 8.03. The number of carbonyl (C=O) groups is 6. The fraction of sp³-hybridized carbons (Fsp3) is 0.724. The number of hydrogen-bond donors (Lipinski definition) is 4. The minimum Gasteiger partial charge on any atom is -0.480 e. The van der Waals surface area contributed by atoms with Gasteiger partial charge in [0.1, 0.15) is 11.4 Å². The van der Waals surface area contributed by atoms with Crippen LogP contribution in [0.1, 0.15) is 78.6 Å². The number of esters is 1. The van der Waals surface area contributed by atoms with Crippen molar-refractivity contribution < 1.29 is 48.8 Å². The Hall–Kier alpha value is -2.92. The van der Waals surface area contributed by atoms with Crippen molar-refractivity contribution in [3.05, 3.63) is 11.6 Å². The quantitative estimate of drug-likeness (QED) is 0.299. The molecule has 1 amide bonds. The van der Waals surface area contributed by atoms with E-state index in [0.29, 0.717) is 32.1 Å². The Balaban J connectivity index is 1.38. The topological polar surface area (TPSA) is 184 Å². The first-order valence-electron chi connectivity index (χ1n) is 14.0. The predicted octanol–water partition coefficient (Wildman–Crippen LogP) is 1.27. The highest BCUT2D eigenvalue weighted by atomic mass is 16.5. The third-order valence-electron chi connectivity index (χ3n) is 10.3. The van der Waals surface area contributed by atoms with Crippen LogP contribution in [0.25, 0.3) is 0 Å². The van der Waals surface area contributed by atoms with Crippen LogP contribution in [0.2, 0.25) is 0 Å². The molecule has 11 heteroatoms. The van der Waals surface area contributed by atoms with E-state index in [9.17, 15) is 39.0 Å². The smallest absolute Gasteiger partial charge is 0.328 e. The summed E-state index contributed by atoms with van der Waals surface area (Å²) in [5.74, 6) is -4.01. The van der Waals surface area contributed by atoms with E-state index < -0.39 is 66.2 Å². The molecule has 3 fully saturated rings. The number of amides is 1. The SMILES string of the molecule is C[C@H](O)[C@H](NC(=O)CCC(=O)OCC(=O)[C@@]1(O)CC[C@@H]2[C@H]3CCC4=CC(=O)CC[C@]4(C)[C@H]3C(=O)C[C@@]21C)C(=O)O. The molecule has 0 aromatic heterocycles. The van der Waals surface area contributed by atoms with E-state index in [-0.39, 0.29) is 47.6 Å². The van der Waals surface area contributed by atoms with E-state index in [1.165, 1.54) is 6.92 Å². The summed E-state index contributed by atoms with van der Waals surface area (Å²) in [6.07, 6.45) is 2.73. The number of Topliss-reactive ketones (excluding diaryl/α,β-unsaturated/α-hetero) is 2. The second kappa shape index (κ2) is 10.8. The molecule has 0 saturated heterocycles. The Bertz CT molecular complexity index is 1160. The van der Waals surface area contributed by atoms with Crippen molar-refractivity contribution in [2.24, 2.45) is 28.6 Å². The van der Waals surface area contributed by atoms with Gasteiger partial charge < -0.3 is 25.4 Å². The summed E-state index contributed by atoms with van der Waals surface area (Å²) in [5.41, 5.74) is -2.21. The molecule has 8 atom stereocenters. The number of ketones is 3. The summed E-state index contributed by atoms with van der Waals surface area (Å²) in [6.45, 7) is 4.35. The molecule has 0 aromatic carbocycles. The highest BCUT2D eigenvalue weighted by molar-refractivity contribution is 5.95. The van der Waals surface area contributed by atoms with Crippen LogP contribution in [0, 0.1) is 28.6 Å². The zero-order valence-corrected chi connectivity index (χ0v) is 23.2. The van der Waals surface area contributed by atoms with Gasteiger partial charge in [-0.15, -0.1) is 0 Å². The number of nitrogens with one attached hydrogen (secondary N) is 1. The van der Waals surface area contributed by atoms with Crippen molar-refractivity contribution in [2.75, 3.05) is 6.61 Å². The van der Waals surface area contributed by atoms with Crippen LogP contribution < -0.4 is 5.32 Å². The zero-order valence-electron chi connectivity index (χ0n) is 23.2. The van der Waals surface area contributed by atoms with Gasteiger partial charge in [0.15, 0.2) is 18.4 Å². The first-order valence-corrected chi connectivity index (χ1v) is 14.0. The lowest BCUT2D eigenvalue weighted by molar-refractivity contribution is -0.173. The fourth-order valence-electron chi connectivity index (χ4n) is 8.03. The van der Waals surface area contributed by atoms with Crippen LogP contribution in [-0.4, -0.2) is 74.9 Å². The summed E-state index contributed by atoms with van der Waals surface area (Å²) in [6, 6.07) is -1.52. The molecule has 0 heterocycles. The number of allylic oxidation sites excluding steroid dienone is 1. The zero-order chi connectivity index (χ0) is 29.6. The minimum atomic E-state index is -1.85. The number of carbonyl (C=O) groups excluding carboxylic acids is 5. The van der Waals surface area contributed by atoms with Gasteiger partial charge in [-0.3, -0.25) is 24.0 Å². The van der Waals surface area contributed by atoms with Crippen molar-refractivity contribution in [1.82, 2.24) is 5.32 Å². The predicted molar refractivity (Wildman–Crippen MR) is 138 cm³/mol. The molecule has 4 aliphatic carbocycles. The third kappa shape index (κ3) is 5.02.